The van der Waals surface area contributed by atoms with Crippen molar-refractivity contribution in [3.05, 3.63) is 47.6 Å². The van der Waals surface area contributed by atoms with Crippen molar-refractivity contribution >= 4 is 5.91 Å². The van der Waals surface area contributed by atoms with E-state index in [0.717, 1.165) is 18.4 Å². The summed E-state index contributed by atoms with van der Waals surface area (Å²) in [6.45, 7) is 0.527. The Hall–Kier alpha value is -2.23. The van der Waals surface area contributed by atoms with Crippen LogP contribution in [0.15, 0.2) is 36.4 Å². The van der Waals surface area contributed by atoms with Crippen LogP contribution in [0, 0.1) is 11.8 Å². The van der Waals surface area contributed by atoms with Gasteiger partial charge in [0, 0.05) is 12.6 Å². The Balaban J connectivity index is 1.62. The van der Waals surface area contributed by atoms with Gasteiger partial charge in [0.25, 0.3) is 5.91 Å². The average molecular weight is 283 g/mol. The second-order valence-corrected chi connectivity index (χ2v) is 6.12. The SMILES string of the molecule is O=C1c2c(ccc(O)c2O)CN1C1CC2C=CC=CC2C1. The van der Waals surface area contributed by atoms with Gasteiger partial charge in [0.05, 0.1) is 5.56 Å². The quantitative estimate of drug-likeness (QED) is 0.779. The number of phenols is 2. The molecule has 0 aromatic heterocycles. The molecule has 1 heterocycles. The molecule has 0 radical (unpaired) electrons. The Bertz CT molecular complexity index is 657. The Labute approximate surface area is 123 Å². The summed E-state index contributed by atoms with van der Waals surface area (Å²) in [5.41, 5.74) is 1.08. The lowest BCUT2D eigenvalue weighted by Gasteiger charge is -2.23. The molecule has 4 nitrogen and oxygen atoms in total. The molecule has 1 aliphatic heterocycles. The second kappa shape index (κ2) is 4.38. The van der Waals surface area contributed by atoms with E-state index in [-0.39, 0.29) is 29.0 Å². The zero-order valence-electron chi connectivity index (χ0n) is 11.6. The molecular formula is C17H17NO3. The van der Waals surface area contributed by atoms with E-state index < -0.39 is 0 Å². The van der Waals surface area contributed by atoms with Gasteiger partial charge in [-0.15, -0.1) is 0 Å². The summed E-state index contributed by atoms with van der Waals surface area (Å²) in [5.74, 6) is 0.358. The van der Waals surface area contributed by atoms with Gasteiger partial charge in [0.1, 0.15) is 0 Å². The van der Waals surface area contributed by atoms with Gasteiger partial charge < -0.3 is 15.1 Å². The number of carbonyl (C=O) groups excluding carboxylic acids is 1. The predicted octanol–water partition coefficient (Wildman–Crippen LogP) is 2.57. The molecule has 108 valence electrons. The van der Waals surface area contributed by atoms with E-state index in [4.69, 9.17) is 0 Å². The first kappa shape index (κ1) is 12.5. The summed E-state index contributed by atoms with van der Waals surface area (Å²) in [7, 11) is 0. The number of hydrogen-bond acceptors (Lipinski definition) is 3. The first-order valence-electron chi connectivity index (χ1n) is 7.35. The van der Waals surface area contributed by atoms with Crippen LogP contribution >= 0.6 is 0 Å². The summed E-state index contributed by atoms with van der Waals surface area (Å²) >= 11 is 0. The lowest BCUT2D eigenvalue weighted by atomic mass is 9.92. The van der Waals surface area contributed by atoms with Gasteiger partial charge in [0.15, 0.2) is 11.5 Å². The van der Waals surface area contributed by atoms with E-state index in [2.05, 4.69) is 24.3 Å². The van der Waals surface area contributed by atoms with Gasteiger partial charge >= 0.3 is 0 Å². The Morgan fingerprint density at radius 3 is 2.38 bits per heavy atom. The maximum Gasteiger partial charge on any atom is 0.258 e. The lowest BCUT2D eigenvalue weighted by Crippen LogP contribution is -2.33. The van der Waals surface area contributed by atoms with Crippen LogP contribution in [0.25, 0.3) is 0 Å². The molecule has 3 aliphatic rings. The van der Waals surface area contributed by atoms with Gasteiger partial charge in [0.2, 0.25) is 0 Å². The highest BCUT2D eigenvalue weighted by molar-refractivity contribution is 6.01. The van der Waals surface area contributed by atoms with Gasteiger partial charge in [-0.05, 0) is 36.3 Å². The smallest absolute Gasteiger partial charge is 0.258 e. The van der Waals surface area contributed by atoms with Crippen molar-refractivity contribution in [2.24, 2.45) is 11.8 Å². The van der Waals surface area contributed by atoms with E-state index in [0.29, 0.717) is 18.4 Å². The fraction of sp³-hybridized carbons (Fsp3) is 0.353. The highest BCUT2D eigenvalue weighted by atomic mass is 16.3. The fourth-order valence-corrected chi connectivity index (χ4v) is 3.87. The molecule has 1 amide bonds. The number of phenolic OH excluding ortho intramolecular Hbond substituents is 2. The van der Waals surface area contributed by atoms with Crippen LogP contribution in [0.2, 0.25) is 0 Å². The molecule has 2 unspecified atom stereocenters. The van der Waals surface area contributed by atoms with Crippen LogP contribution in [-0.4, -0.2) is 27.1 Å². The third kappa shape index (κ3) is 1.78. The minimum Gasteiger partial charge on any atom is -0.504 e. The molecule has 2 atom stereocenters. The van der Waals surface area contributed by atoms with Crippen molar-refractivity contribution in [1.29, 1.82) is 0 Å². The highest BCUT2D eigenvalue weighted by Gasteiger charge is 2.41. The van der Waals surface area contributed by atoms with Crippen LogP contribution in [0.4, 0.5) is 0 Å². The summed E-state index contributed by atoms with van der Waals surface area (Å²) in [4.78, 5) is 14.4. The van der Waals surface area contributed by atoms with Crippen LogP contribution in [-0.2, 0) is 6.54 Å². The Kier molecular flexibility index (Phi) is 2.61. The number of benzene rings is 1. The number of rotatable bonds is 1. The molecule has 1 aromatic rings. The first-order chi connectivity index (χ1) is 10.1. The second-order valence-electron chi connectivity index (χ2n) is 6.12. The summed E-state index contributed by atoms with van der Waals surface area (Å²) in [6, 6.07) is 3.38. The van der Waals surface area contributed by atoms with E-state index in [1.54, 1.807) is 6.07 Å². The van der Waals surface area contributed by atoms with Crippen molar-refractivity contribution in [2.45, 2.75) is 25.4 Å². The summed E-state index contributed by atoms with van der Waals surface area (Å²) in [5, 5.41) is 19.5. The number of hydrogen-bond donors (Lipinski definition) is 2. The molecule has 1 aromatic carbocycles. The Morgan fingerprint density at radius 1 is 1.05 bits per heavy atom. The molecule has 4 heteroatoms. The topological polar surface area (TPSA) is 60.8 Å². The molecule has 2 N–H and O–H groups in total. The van der Waals surface area contributed by atoms with Gasteiger partial charge in [-0.25, -0.2) is 0 Å². The van der Waals surface area contributed by atoms with E-state index in [1.807, 2.05) is 4.90 Å². The van der Waals surface area contributed by atoms with E-state index in [1.165, 1.54) is 6.07 Å². The normalized spacial score (nSPS) is 29.8. The monoisotopic (exact) mass is 283 g/mol. The van der Waals surface area contributed by atoms with E-state index >= 15 is 0 Å². The first-order valence-corrected chi connectivity index (χ1v) is 7.35. The molecule has 0 saturated heterocycles. The number of amides is 1. The lowest BCUT2D eigenvalue weighted by molar-refractivity contribution is 0.0701. The van der Waals surface area contributed by atoms with Crippen molar-refractivity contribution in [2.75, 3.05) is 0 Å². The highest BCUT2D eigenvalue weighted by Crippen LogP contribution is 2.43. The van der Waals surface area contributed by atoms with Crippen molar-refractivity contribution in [3.8, 4) is 11.5 Å². The molecule has 0 bridgehead atoms. The summed E-state index contributed by atoms with van der Waals surface area (Å²) in [6.07, 6.45) is 10.5. The number of fused-ring (bicyclic) bond motifs is 2. The Morgan fingerprint density at radius 2 is 1.71 bits per heavy atom. The number of nitrogens with zero attached hydrogens (tertiary/aromatic N) is 1. The fourth-order valence-electron chi connectivity index (χ4n) is 3.87. The zero-order chi connectivity index (χ0) is 14.6. The van der Waals surface area contributed by atoms with Gasteiger partial charge in [-0.2, -0.15) is 0 Å². The number of allylic oxidation sites excluding steroid dienone is 4. The molecule has 4 rings (SSSR count). The molecular weight excluding hydrogens is 266 g/mol. The standard InChI is InChI=1S/C17H17NO3/c19-14-6-5-12-9-18(17(21)15(12)16(14)20)13-7-10-3-1-2-4-11(10)8-13/h1-6,10-11,13,19-20H,7-9H2. The van der Waals surface area contributed by atoms with Gasteiger partial charge in [-0.3, -0.25) is 4.79 Å². The van der Waals surface area contributed by atoms with Crippen LogP contribution in [0.1, 0.15) is 28.8 Å². The minimum absolute atomic E-state index is 0.157. The molecule has 1 fully saturated rings. The average Bonchev–Trinajstić information content (AvgIpc) is 3.04. The molecule has 1 saturated carbocycles. The number of aromatic hydroxyl groups is 2. The van der Waals surface area contributed by atoms with Crippen LogP contribution in [0.3, 0.4) is 0 Å². The molecule has 2 aliphatic carbocycles. The predicted molar refractivity (Wildman–Crippen MR) is 77.9 cm³/mol. The minimum atomic E-state index is -0.282. The van der Waals surface area contributed by atoms with Crippen LogP contribution < -0.4 is 0 Å². The maximum atomic E-state index is 12.6. The third-order valence-corrected chi connectivity index (χ3v) is 4.97. The van der Waals surface area contributed by atoms with Gasteiger partial charge in [-0.1, -0.05) is 30.4 Å². The molecule has 0 spiro atoms. The van der Waals surface area contributed by atoms with E-state index in [9.17, 15) is 15.0 Å². The van der Waals surface area contributed by atoms with Crippen molar-refractivity contribution in [1.82, 2.24) is 4.90 Å². The maximum absolute atomic E-state index is 12.6. The third-order valence-electron chi connectivity index (χ3n) is 4.97. The van der Waals surface area contributed by atoms with Crippen molar-refractivity contribution < 1.29 is 15.0 Å². The van der Waals surface area contributed by atoms with Crippen LogP contribution in [0.5, 0.6) is 11.5 Å². The summed E-state index contributed by atoms with van der Waals surface area (Å²) < 4.78 is 0. The zero-order valence-corrected chi connectivity index (χ0v) is 11.6. The number of carbonyl (C=O) groups is 1. The van der Waals surface area contributed by atoms with Crippen molar-refractivity contribution in [3.63, 3.8) is 0 Å². The largest absolute Gasteiger partial charge is 0.504 e. The molecule has 21 heavy (non-hydrogen) atoms.